The second-order valence-corrected chi connectivity index (χ2v) is 5.22. The second kappa shape index (κ2) is 6.43. The van der Waals surface area contributed by atoms with Crippen LogP contribution in [0.2, 0.25) is 0 Å². The van der Waals surface area contributed by atoms with Crippen molar-refractivity contribution in [3.05, 3.63) is 35.1 Å². The van der Waals surface area contributed by atoms with Gasteiger partial charge in [0.15, 0.2) is 0 Å². The van der Waals surface area contributed by atoms with Gasteiger partial charge in [-0.1, -0.05) is 13.8 Å². The summed E-state index contributed by atoms with van der Waals surface area (Å²) in [5.41, 5.74) is -1.72. The van der Waals surface area contributed by atoms with E-state index in [-0.39, 0.29) is 23.4 Å². The van der Waals surface area contributed by atoms with Crippen molar-refractivity contribution in [2.24, 2.45) is 5.92 Å². The fourth-order valence-electron chi connectivity index (χ4n) is 1.41. The lowest BCUT2D eigenvalue weighted by Gasteiger charge is -2.14. The maximum Gasteiger partial charge on any atom is 0.419 e. The maximum absolute atomic E-state index is 13.1. The highest BCUT2D eigenvalue weighted by molar-refractivity contribution is 6.21. The molecule has 0 aliphatic heterocycles. The smallest absolute Gasteiger partial charge is 0.351 e. The number of halogens is 5. The Kier molecular flexibility index (Phi) is 5.39. The van der Waals surface area contributed by atoms with Crippen LogP contribution in [0.4, 0.5) is 17.6 Å². The largest absolute Gasteiger partial charge is 0.419 e. The summed E-state index contributed by atoms with van der Waals surface area (Å²) in [5, 5.41) is 2.09. The van der Waals surface area contributed by atoms with E-state index >= 15 is 0 Å². The number of hydrogen-bond acceptors (Lipinski definition) is 1. The van der Waals surface area contributed by atoms with E-state index in [4.69, 9.17) is 11.6 Å². The van der Waals surface area contributed by atoms with Crippen LogP contribution < -0.4 is 5.32 Å². The Morgan fingerprint density at radius 2 is 1.95 bits per heavy atom. The molecule has 112 valence electrons. The molecule has 0 aliphatic rings. The fourth-order valence-corrected chi connectivity index (χ4v) is 1.49. The van der Waals surface area contributed by atoms with Gasteiger partial charge < -0.3 is 5.32 Å². The summed E-state index contributed by atoms with van der Waals surface area (Å²) in [6.45, 7) is 3.82. The van der Waals surface area contributed by atoms with Crippen molar-refractivity contribution in [3.63, 3.8) is 0 Å². The zero-order chi connectivity index (χ0) is 15.5. The standard InChI is InChI=1S/C13H14ClF4NO/c1-7(2)10(14)6-19-12(20)8-3-4-11(15)9(5-8)13(16,17)18/h3-5,7,10H,6H2,1-2H3,(H,19,20). The number of carbonyl (C=O) groups excluding carboxylic acids is 1. The highest BCUT2D eigenvalue weighted by Crippen LogP contribution is 2.31. The molecule has 0 spiro atoms. The summed E-state index contributed by atoms with van der Waals surface area (Å²) >= 11 is 5.92. The predicted molar refractivity (Wildman–Crippen MR) is 68.2 cm³/mol. The summed E-state index contributed by atoms with van der Waals surface area (Å²) in [5.74, 6) is -2.02. The van der Waals surface area contributed by atoms with Crippen LogP contribution in [0.25, 0.3) is 0 Å². The summed E-state index contributed by atoms with van der Waals surface area (Å²) in [6, 6.07) is 2.11. The van der Waals surface area contributed by atoms with Gasteiger partial charge in [0, 0.05) is 12.1 Å². The Morgan fingerprint density at radius 1 is 1.35 bits per heavy atom. The molecule has 0 fully saturated rings. The summed E-state index contributed by atoms with van der Waals surface area (Å²) in [7, 11) is 0. The number of benzene rings is 1. The van der Waals surface area contributed by atoms with E-state index in [2.05, 4.69) is 5.32 Å². The number of rotatable bonds is 4. The SMILES string of the molecule is CC(C)C(Cl)CNC(=O)c1ccc(F)c(C(F)(F)F)c1. The first-order chi connectivity index (χ1) is 9.12. The van der Waals surface area contributed by atoms with Gasteiger partial charge in [-0.3, -0.25) is 4.79 Å². The van der Waals surface area contributed by atoms with Crippen LogP contribution in [0, 0.1) is 11.7 Å². The van der Waals surface area contributed by atoms with E-state index in [9.17, 15) is 22.4 Å². The third-order valence-electron chi connectivity index (χ3n) is 2.71. The second-order valence-electron chi connectivity index (χ2n) is 4.66. The van der Waals surface area contributed by atoms with Crippen molar-refractivity contribution in [2.45, 2.75) is 25.4 Å². The number of amides is 1. The lowest BCUT2D eigenvalue weighted by Crippen LogP contribution is -2.32. The molecule has 1 unspecified atom stereocenters. The van der Waals surface area contributed by atoms with Gasteiger partial charge in [-0.2, -0.15) is 13.2 Å². The molecule has 2 nitrogen and oxygen atoms in total. The molecule has 1 atom stereocenters. The third-order valence-corrected chi connectivity index (χ3v) is 3.37. The number of hydrogen-bond donors (Lipinski definition) is 1. The predicted octanol–water partition coefficient (Wildman–Crippen LogP) is 3.84. The van der Waals surface area contributed by atoms with Gasteiger partial charge in [-0.25, -0.2) is 4.39 Å². The minimum atomic E-state index is -4.84. The molecule has 7 heteroatoms. The van der Waals surface area contributed by atoms with Gasteiger partial charge in [0.05, 0.1) is 10.9 Å². The van der Waals surface area contributed by atoms with Crippen molar-refractivity contribution in [2.75, 3.05) is 6.54 Å². The van der Waals surface area contributed by atoms with Crippen LogP contribution in [0.3, 0.4) is 0 Å². The molecule has 0 saturated heterocycles. The van der Waals surface area contributed by atoms with Crippen LogP contribution >= 0.6 is 11.6 Å². The molecule has 0 saturated carbocycles. The van der Waals surface area contributed by atoms with E-state index in [1.165, 1.54) is 0 Å². The molecule has 1 amide bonds. The molecule has 1 N–H and O–H groups in total. The molecule has 0 bridgehead atoms. The minimum Gasteiger partial charge on any atom is -0.351 e. The van der Waals surface area contributed by atoms with Crippen molar-refractivity contribution < 1.29 is 22.4 Å². The van der Waals surface area contributed by atoms with Crippen molar-refractivity contribution in [3.8, 4) is 0 Å². The quantitative estimate of drug-likeness (QED) is 0.664. The molecule has 20 heavy (non-hydrogen) atoms. The molecule has 1 aromatic rings. The zero-order valence-corrected chi connectivity index (χ0v) is 11.6. The van der Waals surface area contributed by atoms with Crippen molar-refractivity contribution in [1.82, 2.24) is 5.32 Å². The van der Waals surface area contributed by atoms with Crippen LogP contribution in [0.5, 0.6) is 0 Å². The summed E-state index contributed by atoms with van der Waals surface area (Å²) < 4.78 is 50.6. The van der Waals surface area contributed by atoms with Crippen LogP contribution in [0.1, 0.15) is 29.8 Å². The maximum atomic E-state index is 13.1. The Balaban J connectivity index is 2.85. The van der Waals surface area contributed by atoms with Gasteiger partial charge in [0.1, 0.15) is 5.82 Å². The van der Waals surface area contributed by atoms with Gasteiger partial charge in [-0.05, 0) is 24.1 Å². The highest BCUT2D eigenvalue weighted by atomic mass is 35.5. The Morgan fingerprint density at radius 3 is 2.45 bits per heavy atom. The monoisotopic (exact) mass is 311 g/mol. The molecule has 0 aromatic heterocycles. The summed E-state index contributed by atoms with van der Waals surface area (Å²) in [4.78, 5) is 11.7. The van der Waals surface area contributed by atoms with E-state index in [1.54, 1.807) is 0 Å². The van der Waals surface area contributed by atoms with E-state index in [1.807, 2.05) is 13.8 Å². The first-order valence-electron chi connectivity index (χ1n) is 5.92. The van der Waals surface area contributed by atoms with Crippen LogP contribution in [-0.2, 0) is 6.18 Å². The highest BCUT2D eigenvalue weighted by Gasteiger charge is 2.34. The van der Waals surface area contributed by atoms with Gasteiger partial charge >= 0.3 is 6.18 Å². The molecule has 1 aromatic carbocycles. The minimum absolute atomic E-state index is 0.107. The van der Waals surface area contributed by atoms with E-state index < -0.39 is 23.5 Å². The average molecular weight is 312 g/mol. The van der Waals surface area contributed by atoms with E-state index in [0.29, 0.717) is 12.1 Å². The lowest BCUT2D eigenvalue weighted by molar-refractivity contribution is -0.140. The van der Waals surface area contributed by atoms with Crippen molar-refractivity contribution in [1.29, 1.82) is 0 Å². The third kappa shape index (κ3) is 4.37. The molecule has 1 rings (SSSR count). The van der Waals surface area contributed by atoms with Gasteiger partial charge in [0.25, 0.3) is 5.91 Å². The Hall–Kier alpha value is -1.30. The number of alkyl halides is 4. The van der Waals surface area contributed by atoms with E-state index in [0.717, 1.165) is 6.07 Å². The Bertz CT molecular complexity index is 488. The average Bonchev–Trinajstić information content (AvgIpc) is 2.34. The number of nitrogens with one attached hydrogen (secondary N) is 1. The molecule has 0 radical (unpaired) electrons. The Labute approximate surface area is 119 Å². The fraction of sp³-hybridized carbons (Fsp3) is 0.462. The van der Waals surface area contributed by atoms with Gasteiger partial charge in [0.2, 0.25) is 0 Å². The normalized spacial score (nSPS) is 13.4. The zero-order valence-electron chi connectivity index (χ0n) is 10.9. The molecular weight excluding hydrogens is 298 g/mol. The summed E-state index contributed by atoms with van der Waals surface area (Å²) in [6.07, 6.45) is -4.84. The number of carbonyl (C=O) groups is 1. The van der Waals surface area contributed by atoms with Gasteiger partial charge in [-0.15, -0.1) is 11.6 Å². The topological polar surface area (TPSA) is 29.1 Å². The first-order valence-corrected chi connectivity index (χ1v) is 6.35. The lowest BCUT2D eigenvalue weighted by atomic mass is 10.1. The first kappa shape index (κ1) is 16.8. The van der Waals surface area contributed by atoms with Crippen LogP contribution in [0.15, 0.2) is 18.2 Å². The molecular formula is C13H14ClF4NO. The van der Waals surface area contributed by atoms with Crippen LogP contribution in [-0.4, -0.2) is 17.8 Å². The van der Waals surface area contributed by atoms with Crippen molar-refractivity contribution >= 4 is 17.5 Å². The molecule has 0 heterocycles. The molecule has 0 aliphatic carbocycles.